The number of nitrogens with one attached hydrogen (secondary N) is 3. The highest BCUT2D eigenvalue weighted by Gasteiger charge is 2.35. The summed E-state index contributed by atoms with van der Waals surface area (Å²) in [5.74, 6) is 1.20. The molecule has 3 N–H and O–H groups in total. The van der Waals surface area contributed by atoms with Gasteiger partial charge in [0.15, 0.2) is 0 Å². The maximum atomic E-state index is 12.4. The van der Waals surface area contributed by atoms with Crippen LogP contribution in [0.4, 0.5) is 0 Å². The van der Waals surface area contributed by atoms with Gasteiger partial charge in [-0.05, 0) is 38.5 Å². The third-order valence-electron chi connectivity index (χ3n) is 6.35. The van der Waals surface area contributed by atoms with E-state index in [4.69, 9.17) is 9.47 Å². The normalized spacial score (nSPS) is 13.2. The standard InChI is InChI=1S/C36H59N3O5S2/c1-6-7-8-9-10-11-12-13-14-15-16-17-18-19-20-21-22-23-24-32(40)37-27-29-45-46-30-28-38-33(41)25-26-39-35(42)34(44-5)36(2,3)31-43-4/h7-8,10-11,13-14,16-17,19-20,22-23,34H,6,9,12,15,18,21,24-31H2,1-5H3,(H,37,40)(H,38,41)(H,39,42)/b8-7-,11-10-,14-13-,17-16-,20-19-,23-22-/t34-/m0/s1. The summed E-state index contributed by atoms with van der Waals surface area (Å²) in [4.78, 5) is 36.4. The second kappa shape index (κ2) is 31.1. The molecule has 260 valence electrons. The summed E-state index contributed by atoms with van der Waals surface area (Å²) in [6.07, 6.45) is 31.4. The van der Waals surface area contributed by atoms with Gasteiger partial charge in [-0.25, -0.2) is 0 Å². The van der Waals surface area contributed by atoms with Crippen LogP contribution in [0.2, 0.25) is 0 Å². The molecule has 0 aromatic heterocycles. The van der Waals surface area contributed by atoms with Crippen molar-refractivity contribution in [2.24, 2.45) is 5.41 Å². The van der Waals surface area contributed by atoms with E-state index in [1.165, 1.54) is 7.11 Å². The highest BCUT2D eigenvalue weighted by molar-refractivity contribution is 8.76. The van der Waals surface area contributed by atoms with Gasteiger partial charge in [0.2, 0.25) is 17.7 Å². The van der Waals surface area contributed by atoms with Gasteiger partial charge in [0.05, 0.1) is 6.61 Å². The summed E-state index contributed by atoms with van der Waals surface area (Å²) in [6, 6.07) is 0. The zero-order valence-electron chi connectivity index (χ0n) is 28.8. The van der Waals surface area contributed by atoms with Crippen molar-refractivity contribution in [2.75, 3.05) is 52.0 Å². The Balaban J connectivity index is 3.72. The van der Waals surface area contributed by atoms with Gasteiger partial charge in [-0.15, -0.1) is 0 Å². The zero-order valence-corrected chi connectivity index (χ0v) is 30.4. The Bertz CT molecular complexity index is 990. The van der Waals surface area contributed by atoms with Crippen LogP contribution in [-0.4, -0.2) is 75.8 Å². The Morgan fingerprint density at radius 3 is 1.57 bits per heavy atom. The fourth-order valence-corrected chi connectivity index (χ4v) is 5.89. The lowest BCUT2D eigenvalue weighted by Crippen LogP contribution is -2.47. The predicted molar refractivity (Wildman–Crippen MR) is 198 cm³/mol. The molecule has 0 radical (unpaired) electrons. The van der Waals surface area contributed by atoms with Crippen molar-refractivity contribution in [2.45, 2.75) is 78.2 Å². The average Bonchev–Trinajstić information content (AvgIpc) is 3.01. The molecule has 8 nitrogen and oxygen atoms in total. The summed E-state index contributed by atoms with van der Waals surface area (Å²) in [5, 5.41) is 8.55. The summed E-state index contributed by atoms with van der Waals surface area (Å²) < 4.78 is 10.5. The van der Waals surface area contributed by atoms with Gasteiger partial charge in [0, 0.05) is 63.6 Å². The summed E-state index contributed by atoms with van der Waals surface area (Å²) in [7, 11) is 6.39. The smallest absolute Gasteiger partial charge is 0.249 e. The first kappa shape index (κ1) is 43.5. The molecule has 0 saturated heterocycles. The Morgan fingerprint density at radius 2 is 1.11 bits per heavy atom. The molecule has 0 aromatic rings. The fourth-order valence-electron chi connectivity index (χ4n) is 4.08. The van der Waals surface area contributed by atoms with Gasteiger partial charge in [-0.1, -0.05) is 115 Å². The number of methoxy groups -OCH3 is 2. The lowest BCUT2D eigenvalue weighted by molar-refractivity contribution is -0.140. The SMILES string of the molecule is CC/C=C\C/C=C\C/C=C\C/C=C\C/C=C\C/C=C\CC(=O)NCCSSCCNC(=O)CCNC(=O)[C@H](OC)C(C)(C)COC. The molecular weight excluding hydrogens is 619 g/mol. The van der Waals surface area contributed by atoms with Crippen LogP contribution in [0, 0.1) is 5.41 Å². The van der Waals surface area contributed by atoms with E-state index in [2.05, 4.69) is 83.6 Å². The first-order chi connectivity index (χ1) is 22.3. The molecule has 3 amide bonds. The molecule has 0 aliphatic rings. The second-order valence-electron chi connectivity index (χ2n) is 11.0. The van der Waals surface area contributed by atoms with Crippen molar-refractivity contribution in [3.05, 3.63) is 72.9 Å². The van der Waals surface area contributed by atoms with Gasteiger partial charge in [0.1, 0.15) is 6.10 Å². The van der Waals surface area contributed by atoms with Gasteiger partial charge in [-0.2, -0.15) is 0 Å². The van der Waals surface area contributed by atoms with E-state index in [1.807, 2.05) is 26.0 Å². The largest absolute Gasteiger partial charge is 0.384 e. The minimum absolute atomic E-state index is 0.0177. The molecule has 0 fully saturated rings. The molecule has 0 rings (SSSR count). The van der Waals surface area contributed by atoms with Crippen LogP contribution in [0.1, 0.15) is 72.1 Å². The van der Waals surface area contributed by atoms with Crippen molar-refractivity contribution in [3.8, 4) is 0 Å². The molecule has 0 aromatic carbocycles. The van der Waals surface area contributed by atoms with Crippen molar-refractivity contribution < 1.29 is 23.9 Å². The average molecular weight is 678 g/mol. The second-order valence-corrected chi connectivity index (χ2v) is 13.7. The monoisotopic (exact) mass is 677 g/mol. The molecule has 0 aliphatic carbocycles. The highest BCUT2D eigenvalue weighted by atomic mass is 33.1. The van der Waals surface area contributed by atoms with Crippen LogP contribution in [-0.2, 0) is 23.9 Å². The summed E-state index contributed by atoms with van der Waals surface area (Å²) in [5.41, 5.74) is -0.484. The molecular formula is C36H59N3O5S2. The number of rotatable bonds is 28. The number of allylic oxidation sites excluding steroid dienone is 11. The van der Waals surface area contributed by atoms with E-state index >= 15 is 0 Å². The molecule has 0 heterocycles. The van der Waals surface area contributed by atoms with E-state index in [1.54, 1.807) is 28.7 Å². The van der Waals surface area contributed by atoms with Gasteiger partial charge in [0.25, 0.3) is 0 Å². The van der Waals surface area contributed by atoms with Crippen LogP contribution in [0.25, 0.3) is 0 Å². The predicted octanol–water partition coefficient (Wildman–Crippen LogP) is 6.88. The minimum atomic E-state index is -0.662. The first-order valence-electron chi connectivity index (χ1n) is 16.3. The molecule has 10 heteroatoms. The van der Waals surface area contributed by atoms with E-state index in [0.29, 0.717) is 26.1 Å². The molecule has 0 bridgehead atoms. The Kier molecular flexibility index (Phi) is 29.4. The molecule has 46 heavy (non-hydrogen) atoms. The zero-order chi connectivity index (χ0) is 34.1. The highest BCUT2D eigenvalue weighted by Crippen LogP contribution is 2.23. The van der Waals surface area contributed by atoms with Crippen LogP contribution in [0.3, 0.4) is 0 Å². The molecule has 0 saturated carbocycles. The number of hydrogen-bond donors (Lipinski definition) is 3. The fraction of sp³-hybridized carbons (Fsp3) is 0.583. The molecule has 0 unspecified atom stereocenters. The van der Waals surface area contributed by atoms with E-state index in [9.17, 15) is 14.4 Å². The van der Waals surface area contributed by atoms with E-state index < -0.39 is 11.5 Å². The topological polar surface area (TPSA) is 106 Å². The number of carbonyl (C=O) groups excluding carboxylic acids is 3. The quantitative estimate of drug-likeness (QED) is 0.0471. The number of amides is 3. The Hall–Kier alpha value is -2.53. The van der Waals surface area contributed by atoms with Crippen LogP contribution < -0.4 is 16.0 Å². The van der Waals surface area contributed by atoms with Crippen molar-refractivity contribution in [1.82, 2.24) is 16.0 Å². The van der Waals surface area contributed by atoms with E-state index in [0.717, 1.165) is 50.0 Å². The first-order valence-corrected chi connectivity index (χ1v) is 18.7. The number of carbonyl (C=O) groups is 3. The van der Waals surface area contributed by atoms with Gasteiger partial charge in [-0.3, -0.25) is 14.4 Å². The molecule has 0 spiro atoms. The van der Waals surface area contributed by atoms with Crippen LogP contribution in [0.15, 0.2) is 72.9 Å². The maximum absolute atomic E-state index is 12.4. The minimum Gasteiger partial charge on any atom is -0.384 e. The van der Waals surface area contributed by atoms with Crippen molar-refractivity contribution in [3.63, 3.8) is 0 Å². The number of ether oxygens (including phenoxy) is 2. The lowest BCUT2D eigenvalue weighted by Gasteiger charge is -2.31. The lowest BCUT2D eigenvalue weighted by atomic mass is 9.86. The summed E-state index contributed by atoms with van der Waals surface area (Å²) in [6.45, 7) is 7.71. The third-order valence-corrected chi connectivity index (χ3v) is 8.76. The number of hydrogen-bond acceptors (Lipinski definition) is 7. The van der Waals surface area contributed by atoms with Crippen LogP contribution in [0.5, 0.6) is 0 Å². The third kappa shape index (κ3) is 26.7. The van der Waals surface area contributed by atoms with Gasteiger partial charge >= 0.3 is 0 Å². The van der Waals surface area contributed by atoms with Crippen molar-refractivity contribution >= 4 is 39.3 Å². The van der Waals surface area contributed by atoms with Crippen LogP contribution >= 0.6 is 21.6 Å². The Morgan fingerprint density at radius 1 is 0.652 bits per heavy atom. The van der Waals surface area contributed by atoms with Crippen molar-refractivity contribution in [1.29, 1.82) is 0 Å². The van der Waals surface area contributed by atoms with Gasteiger partial charge < -0.3 is 25.4 Å². The van der Waals surface area contributed by atoms with E-state index in [-0.39, 0.29) is 30.7 Å². The maximum Gasteiger partial charge on any atom is 0.249 e. The molecule has 0 aliphatic heterocycles. The molecule has 1 atom stereocenters. The Labute approximate surface area is 286 Å². The summed E-state index contributed by atoms with van der Waals surface area (Å²) >= 11 is 0.